The predicted molar refractivity (Wildman–Crippen MR) is 102 cm³/mol. The van der Waals surface area contributed by atoms with E-state index in [0.29, 0.717) is 11.1 Å². The number of rotatable bonds is 7. The second-order valence-corrected chi connectivity index (χ2v) is 7.50. The first-order valence-corrected chi connectivity index (χ1v) is 9.75. The molecule has 7 nitrogen and oxygen atoms in total. The van der Waals surface area contributed by atoms with Gasteiger partial charge in [0.1, 0.15) is 12.2 Å². The van der Waals surface area contributed by atoms with Gasteiger partial charge in [-0.2, -0.15) is 8.42 Å². The van der Waals surface area contributed by atoms with E-state index in [9.17, 15) is 23.6 Å². The van der Waals surface area contributed by atoms with Gasteiger partial charge in [0.25, 0.3) is 5.69 Å². The minimum absolute atomic E-state index is 0.418. The van der Waals surface area contributed by atoms with Crippen LogP contribution < -0.4 is 0 Å². The molecule has 0 saturated carbocycles. The fourth-order valence-corrected chi connectivity index (χ4v) is 4.00. The van der Waals surface area contributed by atoms with Gasteiger partial charge in [-0.3, -0.25) is 14.3 Å². The molecule has 0 aliphatic carbocycles. The second kappa shape index (κ2) is 8.30. The highest BCUT2D eigenvalue weighted by Crippen LogP contribution is 2.36. The van der Waals surface area contributed by atoms with Crippen LogP contribution in [0.25, 0.3) is 0 Å². The number of nitrogens with zero attached hydrogens (tertiary/aromatic N) is 1. The topological polar surface area (TPSA) is 107 Å². The average Bonchev–Trinajstić information content (AvgIpc) is 2.73. The van der Waals surface area contributed by atoms with Crippen LogP contribution in [-0.2, 0) is 14.3 Å². The van der Waals surface area contributed by atoms with Crippen molar-refractivity contribution in [2.75, 3.05) is 0 Å². The van der Waals surface area contributed by atoms with Gasteiger partial charge in [0.05, 0.1) is 4.92 Å². The number of para-hydroxylation sites is 1. The summed E-state index contributed by atoms with van der Waals surface area (Å²) in [5.74, 6) is 0. The molecule has 3 rings (SSSR count). The number of nitro groups is 1. The third kappa shape index (κ3) is 4.25. The van der Waals surface area contributed by atoms with Gasteiger partial charge in [-0.15, -0.1) is 0 Å². The lowest BCUT2D eigenvalue weighted by Crippen LogP contribution is -2.19. The zero-order valence-electron chi connectivity index (χ0n) is 14.6. The molecule has 2 atom stereocenters. The van der Waals surface area contributed by atoms with E-state index in [1.165, 1.54) is 12.1 Å². The molecule has 28 heavy (non-hydrogen) atoms. The molecular formula is C20H17NO6S. The average molecular weight is 399 g/mol. The molecule has 0 bridgehead atoms. The molecule has 2 unspecified atom stereocenters. The SMILES string of the molecule is O=[N+]([O-])c1ccccc1S(=O)(=O)OC(c1ccccc1)C(O)c1ccccc1. The lowest BCUT2D eigenvalue weighted by Gasteiger charge is -2.23. The fraction of sp³-hybridized carbons (Fsp3) is 0.100. The Balaban J connectivity index is 2.04. The predicted octanol–water partition coefficient (Wildman–Crippen LogP) is 3.78. The largest absolute Gasteiger partial charge is 0.385 e. The van der Waals surface area contributed by atoms with Gasteiger partial charge in [-0.1, -0.05) is 72.8 Å². The van der Waals surface area contributed by atoms with Crippen LogP contribution in [0, 0.1) is 10.1 Å². The molecule has 0 heterocycles. The Morgan fingerprint density at radius 3 is 1.89 bits per heavy atom. The van der Waals surface area contributed by atoms with Crippen molar-refractivity contribution in [1.82, 2.24) is 0 Å². The molecule has 3 aromatic rings. The van der Waals surface area contributed by atoms with E-state index in [1.54, 1.807) is 60.7 Å². The van der Waals surface area contributed by atoms with E-state index < -0.39 is 37.8 Å². The Morgan fingerprint density at radius 2 is 1.32 bits per heavy atom. The van der Waals surface area contributed by atoms with Gasteiger partial charge in [0, 0.05) is 6.07 Å². The molecule has 0 radical (unpaired) electrons. The molecular weight excluding hydrogens is 382 g/mol. The summed E-state index contributed by atoms with van der Waals surface area (Å²) in [5.41, 5.74) is 0.277. The van der Waals surface area contributed by atoms with Crippen LogP contribution in [-0.4, -0.2) is 18.4 Å². The Hall–Kier alpha value is -3.07. The van der Waals surface area contributed by atoms with Gasteiger partial charge < -0.3 is 5.11 Å². The maximum absolute atomic E-state index is 12.8. The van der Waals surface area contributed by atoms with Crippen LogP contribution in [0.3, 0.4) is 0 Å². The Morgan fingerprint density at radius 1 is 0.821 bits per heavy atom. The molecule has 0 aliphatic heterocycles. The normalized spacial score (nSPS) is 13.6. The highest BCUT2D eigenvalue weighted by molar-refractivity contribution is 7.87. The molecule has 0 saturated heterocycles. The molecule has 0 aliphatic rings. The number of benzene rings is 3. The molecule has 1 N–H and O–H groups in total. The van der Waals surface area contributed by atoms with E-state index in [2.05, 4.69) is 0 Å². The number of nitro benzene ring substituents is 1. The number of aliphatic hydroxyl groups excluding tert-OH is 1. The zero-order chi connectivity index (χ0) is 20.1. The summed E-state index contributed by atoms with van der Waals surface area (Å²) in [4.78, 5) is 9.86. The van der Waals surface area contributed by atoms with Crippen LogP contribution >= 0.6 is 0 Å². The first kappa shape index (κ1) is 19.7. The minimum atomic E-state index is -4.54. The van der Waals surface area contributed by atoms with Gasteiger partial charge in [-0.25, -0.2) is 0 Å². The summed E-state index contributed by atoms with van der Waals surface area (Å²) in [5, 5.41) is 22.0. The van der Waals surface area contributed by atoms with Crippen molar-refractivity contribution >= 4 is 15.8 Å². The van der Waals surface area contributed by atoms with Crippen LogP contribution in [0.2, 0.25) is 0 Å². The maximum Gasteiger partial charge on any atom is 0.304 e. The molecule has 144 valence electrons. The van der Waals surface area contributed by atoms with E-state index in [4.69, 9.17) is 4.18 Å². The van der Waals surface area contributed by atoms with Crippen LogP contribution in [0.15, 0.2) is 89.8 Å². The maximum atomic E-state index is 12.8. The minimum Gasteiger partial charge on any atom is -0.385 e. The lowest BCUT2D eigenvalue weighted by molar-refractivity contribution is -0.387. The smallest absolute Gasteiger partial charge is 0.304 e. The van der Waals surface area contributed by atoms with Crippen molar-refractivity contribution in [1.29, 1.82) is 0 Å². The van der Waals surface area contributed by atoms with Gasteiger partial charge in [0.2, 0.25) is 0 Å². The quantitative estimate of drug-likeness (QED) is 0.368. The first-order chi connectivity index (χ1) is 13.4. The molecule has 8 heteroatoms. The Labute approximate surface area is 162 Å². The first-order valence-electron chi connectivity index (χ1n) is 8.35. The molecule has 3 aromatic carbocycles. The van der Waals surface area contributed by atoms with E-state index in [-0.39, 0.29) is 0 Å². The number of aliphatic hydroxyl groups is 1. The fourth-order valence-electron chi connectivity index (χ4n) is 2.77. The molecule has 0 fully saturated rings. The van der Waals surface area contributed by atoms with Gasteiger partial charge in [-0.05, 0) is 17.2 Å². The van der Waals surface area contributed by atoms with Crippen molar-refractivity contribution < 1.29 is 22.6 Å². The zero-order valence-corrected chi connectivity index (χ0v) is 15.4. The summed E-state index contributed by atoms with van der Waals surface area (Å²) in [6.45, 7) is 0. The van der Waals surface area contributed by atoms with Crippen molar-refractivity contribution in [2.24, 2.45) is 0 Å². The number of hydrogen-bond donors (Lipinski definition) is 1. The standard InChI is InChI=1S/C20H17NO6S/c22-19(15-9-3-1-4-10-15)20(16-11-5-2-6-12-16)27-28(25,26)18-14-8-7-13-17(18)21(23)24/h1-14,19-20,22H. The number of hydrogen-bond acceptors (Lipinski definition) is 6. The van der Waals surface area contributed by atoms with Gasteiger partial charge >= 0.3 is 10.1 Å². The molecule has 0 aromatic heterocycles. The van der Waals surface area contributed by atoms with Crippen LogP contribution in [0.5, 0.6) is 0 Å². The van der Waals surface area contributed by atoms with E-state index >= 15 is 0 Å². The van der Waals surface area contributed by atoms with Crippen LogP contribution in [0.1, 0.15) is 23.3 Å². The summed E-state index contributed by atoms with van der Waals surface area (Å²) in [6, 6.07) is 21.7. The van der Waals surface area contributed by atoms with Crippen LogP contribution in [0.4, 0.5) is 5.69 Å². The summed E-state index contributed by atoms with van der Waals surface area (Å²) in [6.07, 6.45) is -2.59. The second-order valence-electron chi connectivity index (χ2n) is 5.96. The van der Waals surface area contributed by atoms with E-state index in [0.717, 1.165) is 12.1 Å². The Bertz CT molecular complexity index is 1050. The third-order valence-corrected chi connectivity index (χ3v) is 5.46. The summed E-state index contributed by atoms with van der Waals surface area (Å²) >= 11 is 0. The Kier molecular flexibility index (Phi) is 5.84. The summed E-state index contributed by atoms with van der Waals surface area (Å²) in [7, 11) is -4.54. The van der Waals surface area contributed by atoms with Crippen molar-refractivity contribution in [3.05, 3.63) is 106 Å². The van der Waals surface area contributed by atoms with Crippen molar-refractivity contribution in [2.45, 2.75) is 17.1 Å². The van der Waals surface area contributed by atoms with Gasteiger partial charge in [0.15, 0.2) is 4.90 Å². The highest BCUT2D eigenvalue weighted by atomic mass is 32.2. The lowest BCUT2D eigenvalue weighted by atomic mass is 9.98. The highest BCUT2D eigenvalue weighted by Gasteiger charge is 2.33. The van der Waals surface area contributed by atoms with Crippen molar-refractivity contribution in [3.8, 4) is 0 Å². The summed E-state index contributed by atoms with van der Waals surface area (Å²) < 4.78 is 31.0. The molecule has 0 amide bonds. The third-order valence-electron chi connectivity index (χ3n) is 4.12. The monoisotopic (exact) mass is 399 g/mol. The van der Waals surface area contributed by atoms with E-state index in [1.807, 2.05) is 0 Å². The van der Waals surface area contributed by atoms with Crippen molar-refractivity contribution in [3.63, 3.8) is 0 Å². The molecule has 0 spiro atoms.